The molecule has 1 aromatic carbocycles. The van der Waals surface area contributed by atoms with Gasteiger partial charge in [-0.2, -0.15) is 4.73 Å². The molecule has 2 aromatic rings. The van der Waals surface area contributed by atoms with Crippen molar-refractivity contribution >= 4 is 23.2 Å². The third kappa shape index (κ3) is 3.15. The summed E-state index contributed by atoms with van der Waals surface area (Å²) in [7, 11) is 1.52. The fourth-order valence-corrected chi connectivity index (χ4v) is 2.67. The Labute approximate surface area is 139 Å². The number of amides is 2. The minimum Gasteiger partial charge on any atom is -0.619 e. The van der Waals surface area contributed by atoms with Gasteiger partial charge in [0.2, 0.25) is 5.91 Å². The van der Waals surface area contributed by atoms with Gasteiger partial charge in [0.1, 0.15) is 11.3 Å². The number of benzene rings is 1. The average Bonchev–Trinajstić information content (AvgIpc) is 3.00. The predicted molar refractivity (Wildman–Crippen MR) is 87.9 cm³/mol. The third-order valence-electron chi connectivity index (χ3n) is 3.84. The van der Waals surface area contributed by atoms with Crippen LogP contribution in [0.1, 0.15) is 23.2 Å². The molecule has 0 aliphatic carbocycles. The van der Waals surface area contributed by atoms with Crippen molar-refractivity contribution in [3.05, 3.63) is 53.5 Å². The largest absolute Gasteiger partial charge is 0.619 e. The molecular formula is C17H17N3O4. The SMILES string of the molecule is COc1cc(NC(=O)c2ccc[n+]([O-])c2)ccc1N1CCCC1=O. The van der Waals surface area contributed by atoms with Crippen LogP contribution in [-0.2, 0) is 4.79 Å². The van der Waals surface area contributed by atoms with Crippen LogP contribution in [-0.4, -0.2) is 25.5 Å². The molecule has 1 fully saturated rings. The van der Waals surface area contributed by atoms with Gasteiger partial charge in [0.05, 0.1) is 12.8 Å². The van der Waals surface area contributed by atoms with Gasteiger partial charge in [-0.3, -0.25) is 9.59 Å². The fraction of sp³-hybridized carbons (Fsp3) is 0.235. The minimum absolute atomic E-state index is 0.0642. The zero-order chi connectivity index (χ0) is 17.1. The van der Waals surface area contributed by atoms with Crippen molar-refractivity contribution in [1.82, 2.24) is 0 Å². The van der Waals surface area contributed by atoms with Gasteiger partial charge in [-0.25, -0.2) is 0 Å². The molecule has 7 nitrogen and oxygen atoms in total. The zero-order valence-electron chi connectivity index (χ0n) is 13.2. The number of pyridine rings is 1. The maximum atomic E-state index is 12.2. The van der Waals surface area contributed by atoms with E-state index in [9.17, 15) is 14.8 Å². The van der Waals surface area contributed by atoms with Crippen LogP contribution in [0.25, 0.3) is 0 Å². The van der Waals surface area contributed by atoms with E-state index in [-0.39, 0.29) is 11.5 Å². The van der Waals surface area contributed by atoms with E-state index in [1.165, 1.54) is 25.6 Å². The number of ether oxygens (including phenoxy) is 1. The Kier molecular flexibility index (Phi) is 4.33. The van der Waals surface area contributed by atoms with Crippen LogP contribution in [0.4, 0.5) is 11.4 Å². The normalized spacial score (nSPS) is 13.9. The van der Waals surface area contributed by atoms with Crippen LogP contribution < -0.4 is 19.7 Å². The highest BCUT2D eigenvalue weighted by Gasteiger charge is 2.24. The lowest BCUT2D eigenvalue weighted by Gasteiger charge is -2.19. The summed E-state index contributed by atoms with van der Waals surface area (Å²) in [6, 6.07) is 8.17. The third-order valence-corrected chi connectivity index (χ3v) is 3.84. The van der Waals surface area contributed by atoms with E-state index < -0.39 is 5.91 Å². The highest BCUT2D eigenvalue weighted by Crippen LogP contribution is 2.33. The molecule has 0 unspecified atom stereocenters. The summed E-state index contributed by atoms with van der Waals surface area (Å²) in [5.41, 5.74) is 1.47. The summed E-state index contributed by atoms with van der Waals surface area (Å²) in [5, 5.41) is 14.0. The van der Waals surface area contributed by atoms with Gasteiger partial charge in [0, 0.05) is 30.8 Å². The lowest BCUT2D eigenvalue weighted by molar-refractivity contribution is -0.605. The molecule has 1 aliphatic rings. The summed E-state index contributed by atoms with van der Waals surface area (Å²) in [4.78, 5) is 25.8. The van der Waals surface area contributed by atoms with E-state index in [0.29, 0.717) is 34.8 Å². The number of anilines is 2. The number of nitrogens with zero attached hydrogens (tertiary/aromatic N) is 2. The number of hydrogen-bond donors (Lipinski definition) is 1. The van der Waals surface area contributed by atoms with E-state index in [4.69, 9.17) is 4.74 Å². The zero-order valence-corrected chi connectivity index (χ0v) is 13.2. The molecule has 1 aliphatic heterocycles. The number of aromatic nitrogens is 1. The van der Waals surface area contributed by atoms with Crippen molar-refractivity contribution in [2.75, 3.05) is 23.9 Å². The number of carbonyl (C=O) groups excluding carboxylic acids is 2. The smallest absolute Gasteiger partial charge is 0.261 e. The first kappa shape index (κ1) is 15.8. The van der Waals surface area contributed by atoms with E-state index in [0.717, 1.165) is 6.42 Å². The molecule has 7 heteroatoms. The number of carbonyl (C=O) groups is 2. The summed E-state index contributed by atoms with van der Waals surface area (Å²) in [6.07, 6.45) is 3.86. The molecule has 1 saturated heterocycles. The average molecular weight is 327 g/mol. The molecule has 3 rings (SSSR count). The van der Waals surface area contributed by atoms with Gasteiger partial charge >= 0.3 is 0 Å². The van der Waals surface area contributed by atoms with Gasteiger partial charge < -0.3 is 20.2 Å². The highest BCUT2D eigenvalue weighted by molar-refractivity contribution is 6.04. The van der Waals surface area contributed by atoms with Gasteiger partial charge in [-0.15, -0.1) is 0 Å². The van der Waals surface area contributed by atoms with Crippen LogP contribution >= 0.6 is 0 Å². The second kappa shape index (κ2) is 6.57. The summed E-state index contributed by atoms with van der Waals surface area (Å²) in [5.74, 6) is 0.177. The lowest BCUT2D eigenvalue weighted by atomic mass is 10.2. The Bertz CT molecular complexity index is 791. The summed E-state index contributed by atoms with van der Waals surface area (Å²) < 4.78 is 5.92. The van der Waals surface area contributed by atoms with Gasteiger partial charge in [-0.1, -0.05) is 0 Å². The van der Waals surface area contributed by atoms with Crippen molar-refractivity contribution in [2.45, 2.75) is 12.8 Å². The number of methoxy groups -OCH3 is 1. The lowest BCUT2D eigenvalue weighted by Crippen LogP contribution is -2.27. The Balaban J connectivity index is 1.82. The molecule has 2 amide bonds. The van der Waals surface area contributed by atoms with Crippen molar-refractivity contribution in [1.29, 1.82) is 0 Å². The molecule has 1 N–H and O–H groups in total. The molecule has 0 bridgehead atoms. The van der Waals surface area contributed by atoms with Crippen LogP contribution in [0, 0.1) is 5.21 Å². The van der Waals surface area contributed by atoms with E-state index in [1.807, 2.05) is 0 Å². The fourth-order valence-electron chi connectivity index (χ4n) is 2.67. The predicted octanol–water partition coefficient (Wildman–Crippen LogP) is 1.71. The van der Waals surface area contributed by atoms with Crippen LogP contribution in [0.2, 0.25) is 0 Å². The molecule has 0 atom stereocenters. The second-order valence-electron chi connectivity index (χ2n) is 5.44. The maximum Gasteiger partial charge on any atom is 0.261 e. The quantitative estimate of drug-likeness (QED) is 0.684. The maximum absolute atomic E-state index is 12.2. The van der Waals surface area contributed by atoms with Gasteiger partial charge in [0.25, 0.3) is 5.91 Å². The van der Waals surface area contributed by atoms with E-state index >= 15 is 0 Å². The molecule has 0 saturated carbocycles. The molecule has 124 valence electrons. The molecule has 0 spiro atoms. The van der Waals surface area contributed by atoms with Crippen LogP contribution in [0.3, 0.4) is 0 Å². The Hall–Kier alpha value is -3.09. The molecule has 1 aromatic heterocycles. The standard InChI is InChI=1S/C17H17N3O4/c1-24-15-10-13(6-7-14(15)20-9-3-5-16(20)21)18-17(22)12-4-2-8-19(23)11-12/h2,4,6-8,10-11H,3,5,9H2,1H3,(H,18,22). The van der Waals surface area contributed by atoms with Crippen molar-refractivity contribution < 1.29 is 19.1 Å². The topological polar surface area (TPSA) is 85.6 Å². The van der Waals surface area contributed by atoms with Crippen molar-refractivity contribution in [3.8, 4) is 5.75 Å². The molecule has 0 radical (unpaired) electrons. The molecular weight excluding hydrogens is 310 g/mol. The minimum atomic E-state index is -0.396. The van der Waals surface area contributed by atoms with Crippen molar-refractivity contribution in [3.63, 3.8) is 0 Å². The first-order valence-electron chi connectivity index (χ1n) is 7.57. The van der Waals surface area contributed by atoms with Crippen molar-refractivity contribution in [2.24, 2.45) is 0 Å². The van der Waals surface area contributed by atoms with Crippen LogP contribution in [0.5, 0.6) is 5.75 Å². The summed E-state index contributed by atoms with van der Waals surface area (Å²) in [6.45, 7) is 0.661. The summed E-state index contributed by atoms with van der Waals surface area (Å²) >= 11 is 0. The van der Waals surface area contributed by atoms with E-state index in [1.54, 1.807) is 29.2 Å². The monoisotopic (exact) mass is 327 g/mol. The number of nitrogens with one attached hydrogen (secondary N) is 1. The number of rotatable bonds is 4. The Morgan fingerprint density at radius 2 is 2.21 bits per heavy atom. The Morgan fingerprint density at radius 3 is 2.88 bits per heavy atom. The molecule has 24 heavy (non-hydrogen) atoms. The van der Waals surface area contributed by atoms with Crippen LogP contribution in [0.15, 0.2) is 42.7 Å². The van der Waals surface area contributed by atoms with Gasteiger partial charge in [0.15, 0.2) is 12.4 Å². The Morgan fingerprint density at radius 1 is 1.38 bits per heavy atom. The van der Waals surface area contributed by atoms with Gasteiger partial charge in [-0.05, 0) is 24.6 Å². The number of hydrogen-bond acceptors (Lipinski definition) is 4. The second-order valence-corrected chi connectivity index (χ2v) is 5.44. The first-order chi connectivity index (χ1) is 11.6. The molecule has 2 heterocycles. The first-order valence-corrected chi connectivity index (χ1v) is 7.57. The highest BCUT2D eigenvalue weighted by atomic mass is 16.5. The van der Waals surface area contributed by atoms with E-state index in [2.05, 4.69) is 5.32 Å².